The highest BCUT2D eigenvalue weighted by atomic mass is 16.5. The summed E-state index contributed by atoms with van der Waals surface area (Å²) in [4.78, 5) is 12.9. The van der Waals surface area contributed by atoms with Gasteiger partial charge in [0.1, 0.15) is 17.4 Å². The van der Waals surface area contributed by atoms with Crippen LogP contribution >= 0.6 is 0 Å². The van der Waals surface area contributed by atoms with Crippen molar-refractivity contribution in [2.24, 2.45) is 17.8 Å². The summed E-state index contributed by atoms with van der Waals surface area (Å²) < 4.78 is 11.7. The summed E-state index contributed by atoms with van der Waals surface area (Å²) in [5.74, 6) is 2.86. The third kappa shape index (κ3) is 2.13. The van der Waals surface area contributed by atoms with Crippen molar-refractivity contribution >= 4 is 5.97 Å². The molecule has 4 heteroatoms. The molecule has 24 heavy (non-hydrogen) atoms. The normalized spacial score (nSPS) is 26.8. The van der Waals surface area contributed by atoms with Gasteiger partial charge in [-0.3, -0.25) is 4.79 Å². The zero-order valence-electron chi connectivity index (χ0n) is 13.3. The molecule has 1 saturated carbocycles. The molecule has 1 N–H and O–H groups in total. The molecule has 1 aliphatic carbocycles. The summed E-state index contributed by atoms with van der Waals surface area (Å²) >= 11 is 0. The Kier molecular flexibility index (Phi) is 3.13. The number of hydrogen-bond acceptors (Lipinski definition) is 4. The van der Waals surface area contributed by atoms with Crippen molar-refractivity contribution in [1.82, 2.24) is 5.32 Å². The second kappa shape index (κ2) is 5.35. The molecule has 2 aliphatic heterocycles. The SMILES string of the molecule is O=C(OCC1C2CNC[C@@H]21)C1c2ccccc2Oc2ccccc21. The molecular weight excluding hydrogens is 302 g/mol. The minimum atomic E-state index is -0.400. The van der Waals surface area contributed by atoms with Crippen LogP contribution in [0, 0.1) is 17.8 Å². The molecule has 1 saturated heterocycles. The van der Waals surface area contributed by atoms with Crippen LogP contribution in [0.3, 0.4) is 0 Å². The summed E-state index contributed by atoms with van der Waals surface area (Å²) in [5.41, 5.74) is 1.78. The topological polar surface area (TPSA) is 47.6 Å². The van der Waals surface area contributed by atoms with Gasteiger partial charge in [-0.2, -0.15) is 0 Å². The molecule has 2 heterocycles. The Hall–Kier alpha value is -2.33. The average molecular weight is 321 g/mol. The van der Waals surface area contributed by atoms with Gasteiger partial charge in [0.15, 0.2) is 0 Å². The molecule has 5 rings (SSSR count). The van der Waals surface area contributed by atoms with Gasteiger partial charge in [0, 0.05) is 17.0 Å². The van der Waals surface area contributed by atoms with E-state index in [2.05, 4.69) is 5.32 Å². The van der Waals surface area contributed by atoms with Crippen LogP contribution in [0.25, 0.3) is 0 Å². The first kappa shape index (κ1) is 14.1. The van der Waals surface area contributed by atoms with Gasteiger partial charge < -0.3 is 14.8 Å². The Labute approximate surface area is 140 Å². The first-order valence-corrected chi connectivity index (χ1v) is 8.56. The standard InChI is InChI=1S/C20H19NO3/c22-20(23-11-16-14-9-21-10-15(14)16)19-12-5-1-3-7-17(12)24-18-8-4-2-6-13(18)19/h1-8,14-16,19,21H,9-11H2/t14-,15?,16?/m0/s1. The number of esters is 1. The van der Waals surface area contributed by atoms with E-state index in [1.165, 1.54) is 0 Å². The van der Waals surface area contributed by atoms with Crippen LogP contribution in [-0.2, 0) is 9.53 Å². The van der Waals surface area contributed by atoms with Crippen LogP contribution in [0.2, 0.25) is 0 Å². The number of carbonyl (C=O) groups excluding carboxylic acids is 1. The van der Waals surface area contributed by atoms with Gasteiger partial charge in [0.05, 0.1) is 6.61 Å². The molecule has 3 aliphatic rings. The Morgan fingerprint density at radius 1 is 1.00 bits per heavy atom. The summed E-state index contributed by atoms with van der Waals surface area (Å²) in [6.07, 6.45) is 0. The lowest BCUT2D eigenvalue weighted by Gasteiger charge is -2.26. The Morgan fingerprint density at radius 2 is 1.58 bits per heavy atom. The van der Waals surface area contributed by atoms with Crippen molar-refractivity contribution in [3.05, 3.63) is 59.7 Å². The van der Waals surface area contributed by atoms with Crippen molar-refractivity contribution in [3.63, 3.8) is 0 Å². The molecule has 0 amide bonds. The van der Waals surface area contributed by atoms with Crippen LogP contribution < -0.4 is 10.1 Å². The van der Waals surface area contributed by atoms with E-state index in [1.54, 1.807) is 0 Å². The highest BCUT2D eigenvalue weighted by molar-refractivity contribution is 5.85. The number of rotatable bonds is 3. The summed E-state index contributed by atoms with van der Waals surface area (Å²) in [6, 6.07) is 15.4. The summed E-state index contributed by atoms with van der Waals surface area (Å²) in [7, 11) is 0. The van der Waals surface area contributed by atoms with E-state index < -0.39 is 5.92 Å². The number of fused-ring (bicyclic) bond motifs is 3. The van der Waals surface area contributed by atoms with Gasteiger partial charge in [-0.05, 0) is 37.1 Å². The highest BCUT2D eigenvalue weighted by Gasteiger charge is 2.53. The van der Waals surface area contributed by atoms with Crippen LogP contribution in [-0.4, -0.2) is 25.7 Å². The zero-order valence-corrected chi connectivity index (χ0v) is 13.3. The minimum absolute atomic E-state index is 0.170. The van der Waals surface area contributed by atoms with Crippen molar-refractivity contribution < 1.29 is 14.3 Å². The fraction of sp³-hybridized carbons (Fsp3) is 0.350. The Bertz CT molecular complexity index is 747. The molecule has 0 spiro atoms. The van der Waals surface area contributed by atoms with Crippen molar-refractivity contribution in [2.45, 2.75) is 5.92 Å². The zero-order chi connectivity index (χ0) is 16.1. The molecule has 2 fully saturated rings. The summed E-state index contributed by atoms with van der Waals surface area (Å²) in [6.45, 7) is 2.67. The van der Waals surface area contributed by atoms with Crippen LogP contribution in [0.5, 0.6) is 11.5 Å². The molecule has 0 aromatic heterocycles. The molecule has 2 aromatic carbocycles. The van der Waals surface area contributed by atoms with Gasteiger partial charge in [-0.15, -0.1) is 0 Å². The lowest BCUT2D eigenvalue weighted by molar-refractivity contribution is -0.145. The minimum Gasteiger partial charge on any atom is -0.465 e. The molecular formula is C20H19NO3. The molecule has 122 valence electrons. The smallest absolute Gasteiger partial charge is 0.318 e. The fourth-order valence-corrected chi connectivity index (χ4v) is 4.22. The predicted molar refractivity (Wildman–Crippen MR) is 89.1 cm³/mol. The lowest BCUT2D eigenvalue weighted by atomic mass is 9.88. The molecule has 4 nitrogen and oxygen atoms in total. The highest BCUT2D eigenvalue weighted by Crippen LogP contribution is 2.49. The Morgan fingerprint density at radius 3 is 2.21 bits per heavy atom. The van der Waals surface area contributed by atoms with Crippen molar-refractivity contribution in [3.8, 4) is 11.5 Å². The number of nitrogens with one attached hydrogen (secondary N) is 1. The first-order valence-electron chi connectivity index (χ1n) is 8.56. The van der Waals surface area contributed by atoms with Crippen molar-refractivity contribution in [1.29, 1.82) is 0 Å². The maximum absolute atomic E-state index is 12.9. The maximum Gasteiger partial charge on any atom is 0.318 e. The van der Waals surface area contributed by atoms with E-state index >= 15 is 0 Å². The quantitative estimate of drug-likeness (QED) is 0.883. The number of para-hydroxylation sites is 2. The monoisotopic (exact) mass is 321 g/mol. The first-order chi connectivity index (χ1) is 11.8. The van der Waals surface area contributed by atoms with Gasteiger partial charge >= 0.3 is 5.97 Å². The number of hydrogen-bond donors (Lipinski definition) is 1. The molecule has 0 radical (unpaired) electrons. The van der Waals surface area contributed by atoms with Gasteiger partial charge in [-0.1, -0.05) is 36.4 Å². The van der Waals surface area contributed by atoms with Gasteiger partial charge in [0.25, 0.3) is 0 Å². The number of benzene rings is 2. The second-order valence-corrected chi connectivity index (χ2v) is 6.89. The summed E-state index contributed by atoms with van der Waals surface area (Å²) in [5, 5.41) is 3.37. The largest absolute Gasteiger partial charge is 0.465 e. The third-order valence-electron chi connectivity index (χ3n) is 5.60. The lowest BCUT2D eigenvalue weighted by Crippen LogP contribution is -2.23. The molecule has 0 bridgehead atoms. The van der Waals surface area contributed by atoms with Crippen molar-refractivity contribution in [2.75, 3.05) is 19.7 Å². The van der Waals surface area contributed by atoms with Crippen LogP contribution in [0.4, 0.5) is 0 Å². The molecule has 2 unspecified atom stereocenters. The van der Waals surface area contributed by atoms with Crippen LogP contribution in [0.1, 0.15) is 17.0 Å². The van der Waals surface area contributed by atoms with E-state index in [-0.39, 0.29) is 5.97 Å². The number of ether oxygens (including phenoxy) is 2. The van der Waals surface area contributed by atoms with E-state index in [9.17, 15) is 4.79 Å². The van der Waals surface area contributed by atoms with E-state index in [1.807, 2.05) is 48.5 Å². The van der Waals surface area contributed by atoms with E-state index in [4.69, 9.17) is 9.47 Å². The number of piperidine rings is 1. The second-order valence-electron chi connectivity index (χ2n) is 6.89. The van der Waals surface area contributed by atoms with E-state index in [0.29, 0.717) is 24.4 Å². The Balaban J connectivity index is 1.41. The maximum atomic E-state index is 12.9. The third-order valence-corrected chi connectivity index (χ3v) is 5.60. The predicted octanol–water partition coefficient (Wildman–Crippen LogP) is 2.93. The van der Waals surface area contributed by atoms with Gasteiger partial charge in [-0.25, -0.2) is 0 Å². The molecule has 2 aromatic rings. The number of carbonyl (C=O) groups is 1. The average Bonchev–Trinajstić information content (AvgIpc) is 3.04. The van der Waals surface area contributed by atoms with Crippen LogP contribution in [0.15, 0.2) is 48.5 Å². The van der Waals surface area contributed by atoms with Gasteiger partial charge in [0.2, 0.25) is 0 Å². The molecule has 3 atom stereocenters. The van der Waals surface area contributed by atoms with E-state index in [0.717, 1.165) is 35.7 Å². The fourth-order valence-electron chi connectivity index (χ4n) is 4.22.